The van der Waals surface area contributed by atoms with Gasteiger partial charge in [0.15, 0.2) is 9.84 Å². The maximum atomic E-state index is 12.2. The average molecular weight is 341 g/mol. The zero-order valence-electron chi connectivity index (χ0n) is 13.3. The van der Waals surface area contributed by atoms with Gasteiger partial charge >= 0.3 is 0 Å². The summed E-state index contributed by atoms with van der Waals surface area (Å²) in [6, 6.07) is 11.9. The topological polar surface area (TPSA) is 56.3 Å². The molecule has 5 heteroatoms. The van der Waals surface area contributed by atoms with Crippen molar-refractivity contribution < 1.29 is 13.2 Å². The maximum absolute atomic E-state index is 12.2. The summed E-state index contributed by atoms with van der Waals surface area (Å²) in [5, 5.41) is -0.545. The molecule has 0 radical (unpaired) electrons. The molecule has 2 aliphatic rings. The van der Waals surface area contributed by atoms with Gasteiger partial charge in [0, 0.05) is 6.20 Å². The summed E-state index contributed by atoms with van der Waals surface area (Å²) in [5.74, 6) is 0.707. The highest BCUT2D eigenvalue weighted by Crippen LogP contribution is 2.40. The molecule has 0 amide bonds. The highest BCUT2D eigenvalue weighted by molar-refractivity contribution is 7.93. The van der Waals surface area contributed by atoms with E-state index in [1.807, 2.05) is 42.5 Å². The van der Waals surface area contributed by atoms with E-state index in [0.29, 0.717) is 18.8 Å². The molecule has 0 spiro atoms. The molecule has 2 aliphatic heterocycles. The van der Waals surface area contributed by atoms with Gasteiger partial charge in [-0.1, -0.05) is 36.4 Å². The normalized spacial score (nSPS) is 24.4. The third kappa shape index (κ3) is 2.84. The number of aromatic nitrogens is 1. The van der Waals surface area contributed by atoms with Crippen molar-refractivity contribution in [1.82, 2.24) is 4.98 Å². The van der Waals surface area contributed by atoms with Gasteiger partial charge < -0.3 is 4.74 Å². The van der Waals surface area contributed by atoms with E-state index >= 15 is 0 Å². The SMILES string of the molecule is O=S1(=O)C2C=C(c3cncc(OCc4ccccc4)c3)CC1CC2. The summed E-state index contributed by atoms with van der Waals surface area (Å²) in [4.78, 5) is 4.26. The van der Waals surface area contributed by atoms with E-state index in [9.17, 15) is 8.42 Å². The summed E-state index contributed by atoms with van der Waals surface area (Å²) in [6.45, 7) is 0.491. The van der Waals surface area contributed by atoms with Crippen LogP contribution in [-0.2, 0) is 16.4 Å². The molecular formula is C19H19NO3S. The second-order valence-electron chi connectivity index (χ2n) is 6.41. The number of ether oxygens (including phenoxy) is 1. The minimum atomic E-state index is -2.95. The number of rotatable bonds is 4. The number of fused-ring (bicyclic) bond motifs is 2. The van der Waals surface area contributed by atoms with Gasteiger partial charge in [-0.05, 0) is 42.0 Å². The first-order valence-electron chi connectivity index (χ1n) is 8.18. The molecule has 124 valence electrons. The van der Waals surface area contributed by atoms with E-state index in [0.717, 1.165) is 29.5 Å². The van der Waals surface area contributed by atoms with Crippen LogP contribution >= 0.6 is 0 Å². The number of benzene rings is 1. The number of hydrogen-bond donors (Lipinski definition) is 0. The van der Waals surface area contributed by atoms with Gasteiger partial charge in [0.25, 0.3) is 0 Å². The Balaban J connectivity index is 1.53. The van der Waals surface area contributed by atoms with Crippen molar-refractivity contribution in [1.29, 1.82) is 0 Å². The van der Waals surface area contributed by atoms with Crippen molar-refractivity contribution in [3.8, 4) is 5.75 Å². The maximum Gasteiger partial charge on any atom is 0.159 e. The second kappa shape index (κ2) is 6.06. The number of sulfone groups is 1. The molecule has 2 bridgehead atoms. The van der Waals surface area contributed by atoms with Crippen molar-refractivity contribution in [3.63, 3.8) is 0 Å². The molecule has 0 aliphatic carbocycles. The van der Waals surface area contributed by atoms with Crippen LogP contribution < -0.4 is 4.74 Å². The lowest BCUT2D eigenvalue weighted by Crippen LogP contribution is -2.26. The summed E-state index contributed by atoms with van der Waals surface area (Å²) < 4.78 is 30.2. The van der Waals surface area contributed by atoms with E-state index in [4.69, 9.17) is 4.74 Å². The minimum absolute atomic E-state index is 0.226. The average Bonchev–Trinajstić information content (AvgIpc) is 2.79. The molecule has 0 saturated carbocycles. The number of nitrogens with zero attached hydrogens (tertiary/aromatic N) is 1. The standard InChI is InChI=1S/C19H19NO3S/c21-24(22)18-6-7-19(24)10-15(9-18)16-8-17(12-20-11-16)23-13-14-4-2-1-3-5-14/h1-5,8-9,11-12,18-19H,6-7,10,13H2. The molecule has 4 rings (SSSR count). The lowest BCUT2D eigenvalue weighted by Gasteiger charge is -2.20. The van der Waals surface area contributed by atoms with Crippen LogP contribution in [0.3, 0.4) is 0 Å². The highest BCUT2D eigenvalue weighted by Gasteiger charge is 2.43. The number of allylic oxidation sites excluding steroid dienone is 1. The molecule has 4 nitrogen and oxygen atoms in total. The van der Waals surface area contributed by atoms with Crippen LogP contribution in [0.15, 0.2) is 54.9 Å². The zero-order valence-corrected chi connectivity index (χ0v) is 14.1. The van der Waals surface area contributed by atoms with Gasteiger partial charge in [-0.25, -0.2) is 8.42 Å². The predicted molar refractivity (Wildman–Crippen MR) is 93.3 cm³/mol. The Bertz CT molecular complexity index is 874. The van der Waals surface area contributed by atoms with Crippen molar-refractivity contribution in [2.45, 2.75) is 36.4 Å². The van der Waals surface area contributed by atoms with E-state index in [1.165, 1.54) is 0 Å². The Morgan fingerprint density at radius 1 is 1.12 bits per heavy atom. The number of hydrogen-bond acceptors (Lipinski definition) is 4. The smallest absolute Gasteiger partial charge is 0.159 e. The summed E-state index contributed by atoms with van der Waals surface area (Å²) in [7, 11) is -2.95. The first-order chi connectivity index (χ1) is 11.6. The van der Waals surface area contributed by atoms with Crippen molar-refractivity contribution >= 4 is 15.4 Å². The van der Waals surface area contributed by atoms with E-state index in [1.54, 1.807) is 12.4 Å². The van der Waals surface area contributed by atoms with Gasteiger partial charge in [0.1, 0.15) is 12.4 Å². The molecule has 24 heavy (non-hydrogen) atoms. The Kier molecular flexibility index (Phi) is 3.88. The van der Waals surface area contributed by atoms with Gasteiger partial charge in [-0.3, -0.25) is 4.98 Å². The van der Waals surface area contributed by atoms with Crippen LogP contribution in [0.25, 0.3) is 5.57 Å². The number of pyridine rings is 1. The van der Waals surface area contributed by atoms with Crippen LogP contribution in [0, 0.1) is 0 Å². The third-order valence-corrected chi connectivity index (χ3v) is 7.37. The Labute approximate surface area is 142 Å². The Morgan fingerprint density at radius 2 is 1.96 bits per heavy atom. The first kappa shape index (κ1) is 15.4. The quantitative estimate of drug-likeness (QED) is 0.855. The molecule has 0 N–H and O–H groups in total. The van der Waals surface area contributed by atoms with Crippen LogP contribution in [-0.4, -0.2) is 23.9 Å². The lowest BCUT2D eigenvalue weighted by molar-refractivity contribution is 0.305. The molecule has 1 aromatic heterocycles. The zero-order chi connectivity index (χ0) is 16.6. The highest BCUT2D eigenvalue weighted by atomic mass is 32.2. The van der Waals surface area contributed by atoms with Crippen molar-refractivity contribution in [2.24, 2.45) is 0 Å². The Hall–Kier alpha value is -2.14. The van der Waals surface area contributed by atoms with Crippen LogP contribution in [0.5, 0.6) is 5.75 Å². The van der Waals surface area contributed by atoms with Gasteiger partial charge in [0.05, 0.1) is 16.7 Å². The largest absolute Gasteiger partial charge is 0.487 e. The molecule has 2 unspecified atom stereocenters. The molecule has 2 aromatic rings. The summed E-state index contributed by atoms with van der Waals surface area (Å²) >= 11 is 0. The molecule has 2 atom stereocenters. The first-order valence-corrected chi connectivity index (χ1v) is 9.79. The fourth-order valence-electron chi connectivity index (χ4n) is 3.49. The minimum Gasteiger partial charge on any atom is -0.487 e. The fraction of sp³-hybridized carbons (Fsp3) is 0.316. The predicted octanol–water partition coefficient (Wildman–Crippen LogP) is 3.39. The molecule has 1 aromatic carbocycles. The van der Waals surface area contributed by atoms with E-state index < -0.39 is 9.84 Å². The molecule has 1 saturated heterocycles. The van der Waals surface area contributed by atoms with E-state index in [-0.39, 0.29) is 10.5 Å². The second-order valence-corrected chi connectivity index (χ2v) is 8.86. The van der Waals surface area contributed by atoms with Gasteiger partial charge in [0.2, 0.25) is 0 Å². The monoisotopic (exact) mass is 341 g/mol. The van der Waals surface area contributed by atoms with Gasteiger partial charge in [-0.2, -0.15) is 0 Å². The van der Waals surface area contributed by atoms with Crippen molar-refractivity contribution in [2.75, 3.05) is 0 Å². The van der Waals surface area contributed by atoms with Crippen molar-refractivity contribution in [3.05, 3.63) is 66.0 Å². The molecule has 3 heterocycles. The third-order valence-electron chi connectivity index (χ3n) is 4.83. The lowest BCUT2D eigenvalue weighted by atomic mass is 10.0. The van der Waals surface area contributed by atoms with Gasteiger partial charge in [-0.15, -0.1) is 0 Å². The summed E-state index contributed by atoms with van der Waals surface area (Å²) in [6.07, 6.45) is 7.50. The van der Waals surface area contributed by atoms with E-state index in [2.05, 4.69) is 4.98 Å². The van der Waals surface area contributed by atoms with Crippen LogP contribution in [0.4, 0.5) is 0 Å². The molecular weight excluding hydrogens is 322 g/mol. The summed E-state index contributed by atoms with van der Waals surface area (Å²) in [5.41, 5.74) is 3.14. The fourth-order valence-corrected chi connectivity index (χ4v) is 5.68. The Morgan fingerprint density at radius 3 is 2.75 bits per heavy atom. The van der Waals surface area contributed by atoms with Crippen LogP contribution in [0.2, 0.25) is 0 Å². The van der Waals surface area contributed by atoms with Crippen LogP contribution in [0.1, 0.15) is 30.4 Å². The molecule has 1 fully saturated rings.